The predicted molar refractivity (Wildman–Crippen MR) is 61.8 cm³/mol. The maximum Gasteiger partial charge on any atom is 0.0976 e. The predicted octanol–water partition coefficient (Wildman–Crippen LogP) is 2.51. The number of hydrogen-bond acceptors (Lipinski definition) is 2. The summed E-state index contributed by atoms with van der Waals surface area (Å²) in [6, 6.07) is 10.8. The zero-order valence-corrected chi connectivity index (χ0v) is 9.66. The van der Waals surface area contributed by atoms with E-state index in [0.29, 0.717) is 6.04 Å². The Hall–Kier alpha value is -0.860. The number of rotatable bonds is 1. The van der Waals surface area contributed by atoms with Crippen molar-refractivity contribution >= 4 is 0 Å². The average Bonchev–Trinajstić information content (AvgIpc) is 2.17. The molecule has 82 valence electrons. The van der Waals surface area contributed by atoms with Crippen molar-refractivity contribution in [3.05, 3.63) is 35.9 Å². The van der Waals surface area contributed by atoms with Gasteiger partial charge in [-0.2, -0.15) is 0 Å². The Labute approximate surface area is 91.6 Å². The second-order valence-corrected chi connectivity index (χ2v) is 4.96. The van der Waals surface area contributed by atoms with Crippen LogP contribution in [0.15, 0.2) is 30.3 Å². The van der Waals surface area contributed by atoms with Crippen molar-refractivity contribution in [3.8, 4) is 0 Å². The molecule has 1 heterocycles. The molecular weight excluding hydrogens is 186 g/mol. The van der Waals surface area contributed by atoms with Crippen LogP contribution in [0.2, 0.25) is 0 Å². The topological polar surface area (TPSA) is 21.3 Å². The number of hydrogen-bond donors (Lipinski definition) is 1. The molecule has 0 aliphatic carbocycles. The lowest BCUT2D eigenvalue weighted by Crippen LogP contribution is -2.55. The molecule has 2 unspecified atom stereocenters. The van der Waals surface area contributed by atoms with Gasteiger partial charge in [0, 0.05) is 11.6 Å². The SMILES string of the molecule is CC1NC(C)(C)COC1c1ccccc1. The van der Waals surface area contributed by atoms with Gasteiger partial charge in [-0.25, -0.2) is 0 Å². The monoisotopic (exact) mass is 205 g/mol. The molecule has 2 rings (SSSR count). The quantitative estimate of drug-likeness (QED) is 0.760. The van der Waals surface area contributed by atoms with Crippen molar-refractivity contribution in [1.82, 2.24) is 5.32 Å². The summed E-state index contributed by atoms with van der Waals surface area (Å²) in [6.45, 7) is 7.28. The van der Waals surface area contributed by atoms with Crippen LogP contribution in [0.5, 0.6) is 0 Å². The smallest absolute Gasteiger partial charge is 0.0976 e. The van der Waals surface area contributed by atoms with Crippen molar-refractivity contribution in [2.45, 2.75) is 38.5 Å². The molecule has 1 saturated heterocycles. The molecule has 0 spiro atoms. The van der Waals surface area contributed by atoms with E-state index in [1.165, 1.54) is 5.56 Å². The van der Waals surface area contributed by atoms with Crippen molar-refractivity contribution in [2.24, 2.45) is 0 Å². The fourth-order valence-electron chi connectivity index (χ4n) is 2.20. The van der Waals surface area contributed by atoms with Crippen molar-refractivity contribution in [3.63, 3.8) is 0 Å². The molecule has 1 aromatic carbocycles. The minimum atomic E-state index is 0.0880. The molecule has 1 fully saturated rings. The Kier molecular flexibility index (Phi) is 2.81. The van der Waals surface area contributed by atoms with E-state index in [0.717, 1.165) is 6.61 Å². The first kappa shape index (κ1) is 10.7. The Balaban J connectivity index is 2.13. The summed E-state index contributed by atoms with van der Waals surface area (Å²) < 4.78 is 5.93. The highest BCUT2D eigenvalue weighted by atomic mass is 16.5. The largest absolute Gasteiger partial charge is 0.370 e. The lowest BCUT2D eigenvalue weighted by atomic mass is 9.96. The van der Waals surface area contributed by atoms with Gasteiger partial charge in [0.1, 0.15) is 0 Å². The fraction of sp³-hybridized carbons (Fsp3) is 0.538. The number of nitrogens with one attached hydrogen (secondary N) is 1. The van der Waals surface area contributed by atoms with E-state index in [1.54, 1.807) is 0 Å². The van der Waals surface area contributed by atoms with E-state index in [4.69, 9.17) is 4.74 Å². The minimum absolute atomic E-state index is 0.0880. The molecule has 1 aliphatic rings. The fourth-order valence-corrected chi connectivity index (χ4v) is 2.20. The summed E-state index contributed by atoms with van der Waals surface area (Å²) in [5.41, 5.74) is 1.35. The van der Waals surface area contributed by atoms with Gasteiger partial charge in [-0.15, -0.1) is 0 Å². The summed E-state index contributed by atoms with van der Waals surface area (Å²) in [5, 5.41) is 3.58. The molecule has 2 nitrogen and oxygen atoms in total. The number of morpholine rings is 1. The molecule has 1 aliphatic heterocycles. The zero-order chi connectivity index (χ0) is 10.9. The highest BCUT2D eigenvalue weighted by Crippen LogP contribution is 2.27. The summed E-state index contributed by atoms with van der Waals surface area (Å²) in [5.74, 6) is 0. The third-order valence-electron chi connectivity index (χ3n) is 2.82. The van der Waals surface area contributed by atoms with E-state index in [1.807, 2.05) is 6.07 Å². The molecule has 0 radical (unpaired) electrons. The summed E-state index contributed by atoms with van der Waals surface area (Å²) in [6.07, 6.45) is 0.180. The zero-order valence-electron chi connectivity index (χ0n) is 9.66. The Bertz CT molecular complexity index is 321. The molecule has 0 aromatic heterocycles. The minimum Gasteiger partial charge on any atom is -0.370 e. The summed E-state index contributed by atoms with van der Waals surface area (Å²) in [7, 11) is 0. The molecular formula is C13H19NO. The van der Waals surface area contributed by atoms with Gasteiger partial charge in [-0.05, 0) is 26.3 Å². The maximum atomic E-state index is 5.93. The van der Waals surface area contributed by atoms with Crippen LogP contribution in [-0.4, -0.2) is 18.2 Å². The molecule has 1 aromatic rings. The van der Waals surface area contributed by atoms with E-state index in [9.17, 15) is 0 Å². The molecule has 2 atom stereocenters. The third-order valence-corrected chi connectivity index (χ3v) is 2.82. The van der Waals surface area contributed by atoms with Gasteiger partial charge in [-0.1, -0.05) is 30.3 Å². The van der Waals surface area contributed by atoms with E-state index in [2.05, 4.69) is 50.4 Å². The van der Waals surface area contributed by atoms with Gasteiger partial charge in [0.2, 0.25) is 0 Å². The number of ether oxygens (including phenoxy) is 1. The molecule has 1 N–H and O–H groups in total. The van der Waals surface area contributed by atoms with Crippen molar-refractivity contribution in [1.29, 1.82) is 0 Å². The highest BCUT2D eigenvalue weighted by molar-refractivity contribution is 5.20. The summed E-state index contributed by atoms with van der Waals surface area (Å²) in [4.78, 5) is 0. The Morgan fingerprint density at radius 2 is 1.93 bits per heavy atom. The van der Waals surface area contributed by atoms with Gasteiger partial charge in [0.25, 0.3) is 0 Å². The van der Waals surface area contributed by atoms with Crippen LogP contribution in [0.4, 0.5) is 0 Å². The Morgan fingerprint density at radius 1 is 1.27 bits per heavy atom. The molecule has 0 amide bonds. The molecule has 2 heteroatoms. The first-order valence-electron chi connectivity index (χ1n) is 5.53. The lowest BCUT2D eigenvalue weighted by molar-refractivity contribution is -0.0495. The average molecular weight is 205 g/mol. The highest BCUT2D eigenvalue weighted by Gasteiger charge is 2.32. The van der Waals surface area contributed by atoms with Crippen LogP contribution < -0.4 is 5.32 Å². The van der Waals surface area contributed by atoms with Crippen molar-refractivity contribution in [2.75, 3.05) is 6.61 Å². The van der Waals surface area contributed by atoms with Gasteiger partial charge in [0.05, 0.1) is 12.7 Å². The van der Waals surface area contributed by atoms with Gasteiger partial charge < -0.3 is 10.1 Å². The van der Waals surface area contributed by atoms with Gasteiger partial charge in [-0.3, -0.25) is 0 Å². The first-order chi connectivity index (χ1) is 7.08. The molecule has 15 heavy (non-hydrogen) atoms. The lowest BCUT2D eigenvalue weighted by Gasteiger charge is -2.41. The van der Waals surface area contributed by atoms with E-state index >= 15 is 0 Å². The van der Waals surface area contributed by atoms with E-state index in [-0.39, 0.29) is 11.6 Å². The van der Waals surface area contributed by atoms with Crippen LogP contribution in [0.3, 0.4) is 0 Å². The third kappa shape index (κ3) is 2.39. The number of benzene rings is 1. The van der Waals surface area contributed by atoms with Crippen LogP contribution in [-0.2, 0) is 4.74 Å². The standard InChI is InChI=1S/C13H19NO/c1-10-12(11-7-5-4-6-8-11)15-9-13(2,3)14-10/h4-8,10,12,14H,9H2,1-3H3. The summed E-state index contributed by atoms with van der Waals surface area (Å²) >= 11 is 0. The van der Waals surface area contributed by atoms with Crippen LogP contribution in [0.25, 0.3) is 0 Å². The van der Waals surface area contributed by atoms with Gasteiger partial charge in [0.15, 0.2) is 0 Å². The molecule has 0 bridgehead atoms. The normalized spacial score (nSPS) is 30.1. The van der Waals surface area contributed by atoms with Crippen LogP contribution in [0, 0.1) is 0 Å². The van der Waals surface area contributed by atoms with Gasteiger partial charge >= 0.3 is 0 Å². The van der Waals surface area contributed by atoms with Crippen LogP contribution in [0.1, 0.15) is 32.4 Å². The van der Waals surface area contributed by atoms with Crippen LogP contribution >= 0.6 is 0 Å². The van der Waals surface area contributed by atoms with E-state index < -0.39 is 0 Å². The first-order valence-corrected chi connectivity index (χ1v) is 5.53. The maximum absolute atomic E-state index is 5.93. The Morgan fingerprint density at radius 3 is 2.53 bits per heavy atom. The molecule has 0 saturated carbocycles. The second kappa shape index (κ2) is 3.95. The second-order valence-electron chi connectivity index (χ2n) is 4.96. The van der Waals surface area contributed by atoms with Crippen molar-refractivity contribution < 1.29 is 4.74 Å².